The molecule has 1 atom stereocenters. The number of likely N-dealkylation sites (tertiary alicyclic amines) is 1. The molecule has 0 bridgehead atoms. The highest BCUT2D eigenvalue weighted by Crippen LogP contribution is 2.29. The highest BCUT2D eigenvalue weighted by atomic mass is 35.5. The van der Waals surface area contributed by atoms with Gasteiger partial charge in [-0.15, -0.1) is 12.4 Å². The van der Waals surface area contributed by atoms with Gasteiger partial charge in [-0.3, -0.25) is 10.00 Å². The van der Waals surface area contributed by atoms with E-state index in [-0.39, 0.29) is 17.8 Å². The van der Waals surface area contributed by atoms with Crippen molar-refractivity contribution in [3.05, 3.63) is 30.0 Å². The van der Waals surface area contributed by atoms with Gasteiger partial charge in [-0.05, 0) is 17.4 Å². The van der Waals surface area contributed by atoms with Gasteiger partial charge in [0, 0.05) is 31.1 Å². The van der Waals surface area contributed by atoms with Crippen LogP contribution in [0.25, 0.3) is 10.9 Å². The maximum Gasteiger partial charge on any atom is 0.0695 e. The molecule has 0 spiro atoms. The third kappa shape index (κ3) is 2.82. The Morgan fingerprint density at radius 2 is 2.25 bits per heavy atom. The van der Waals surface area contributed by atoms with Crippen LogP contribution in [0.2, 0.25) is 0 Å². The molecule has 3 N–H and O–H groups in total. The molecule has 1 aromatic carbocycles. The number of halogens is 1. The molecule has 1 unspecified atom stereocenters. The molecule has 1 aliphatic heterocycles. The zero-order chi connectivity index (χ0) is 13.5. The minimum atomic E-state index is 0. The number of aromatic nitrogens is 2. The lowest BCUT2D eigenvalue weighted by molar-refractivity contribution is 0.0901. The fourth-order valence-electron chi connectivity index (χ4n) is 3.02. The lowest BCUT2D eigenvalue weighted by atomic mass is 9.79. The third-order valence-electron chi connectivity index (χ3n) is 4.35. The van der Waals surface area contributed by atoms with E-state index in [2.05, 4.69) is 47.1 Å². The highest BCUT2D eigenvalue weighted by Gasteiger charge is 2.33. The summed E-state index contributed by atoms with van der Waals surface area (Å²) in [5.41, 5.74) is 8.88. The molecule has 5 heteroatoms. The average molecular weight is 295 g/mol. The minimum Gasteiger partial charge on any atom is -0.327 e. The number of nitrogens with one attached hydrogen (secondary N) is 1. The zero-order valence-electron chi connectivity index (χ0n) is 12.1. The van der Waals surface area contributed by atoms with E-state index in [9.17, 15) is 0 Å². The van der Waals surface area contributed by atoms with E-state index < -0.39 is 0 Å². The van der Waals surface area contributed by atoms with Crippen LogP contribution in [-0.2, 0) is 6.54 Å². The summed E-state index contributed by atoms with van der Waals surface area (Å²) in [6, 6.07) is 6.70. The first-order valence-electron chi connectivity index (χ1n) is 6.95. The van der Waals surface area contributed by atoms with Gasteiger partial charge in [0.15, 0.2) is 0 Å². The number of nitrogens with zero attached hydrogens (tertiary/aromatic N) is 2. The Kier molecular flexibility index (Phi) is 4.37. The lowest BCUT2D eigenvalue weighted by Gasteiger charge is -2.42. The van der Waals surface area contributed by atoms with E-state index in [4.69, 9.17) is 5.73 Å². The van der Waals surface area contributed by atoms with E-state index in [0.717, 1.165) is 31.6 Å². The number of nitrogens with two attached hydrogens (primary N) is 1. The number of benzene rings is 1. The van der Waals surface area contributed by atoms with Crippen molar-refractivity contribution in [3.63, 3.8) is 0 Å². The number of aromatic amines is 1. The fourth-order valence-corrected chi connectivity index (χ4v) is 3.02. The molecule has 1 saturated heterocycles. The van der Waals surface area contributed by atoms with Crippen molar-refractivity contribution in [2.75, 3.05) is 13.1 Å². The van der Waals surface area contributed by atoms with Crippen molar-refractivity contribution in [3.8, 4) is 0 Å². The Bertz CT molecular complexity index is 578. The Balaban J connectivity index is 0.00000147. The number of piperidine rings is 1. The van der Waals surface area contributed by atoms with Gasteiger partial charge in [0.2, 0.25) is 0 Å². The van der Waals surface area contributed by atoms with Crippen LogP contribution in [0.4, 0.5) is 0 Å². The molecule has 1 aromatic heterocycles. The first-order chi connectivity index (χ1) is 9.06. The summed E-state index contributed by atoms with van der Waals surface area (Å²) < 4.78 is 0. The topological polar surface area (TPSA) is 57.9 Å². The highest BCUT2D eigenvalue weighted by molar-refractivity contribution is 5.85. The van der Waals surface area contributed by atoms with Crippen LogP contribution in [0, 0.1) is 5.41 Å². The third-order valence-corrected chi connectivity index (χ3v) is 4.35. The van der Waals surface area contributed by atoms with Gasteiger partial charge in [0.25, 0.3) is 0 Å². The minimum absolute atomic E-state index is 0. The van der Waals surface area contributed by atoms with Gasteiger partial charge in [0.1, 0.15) is 0 Å². The average Bonchev–Trinajstić information content (AvgIpc) is 2.83. The van der Waals surface area contributed by atoms with Crippen LogP contribution in [0.15, 0.2) is 24.4 Å². The Labute approximate surface area is 126 Å². The number of fused-ring (bicyclic) bond motifs is 1. The van der Waals surface area contributed by atoms with Gasteiger partial charge in [-0.1, -0.05) is 32.0 Å². The second-order valence-electron chi connectivity index (χ2n) is 6.35. The van der Waals surface area contributed by atoms with Crippen LogP contribution < -0.4 is 5.73 Å². The summed E-state index contributed by atoms with van der Waals surface area (Å²) in [4.78, 5) is 2.50. The monoisotopic (exact) mass is 294 g/mol. The van der Waals surface area contributed by atoms with Crippen molar-refractivity contribution < 1.29 is 0 Å². The predicted octanol–water partition coefficient (Wildman–Crippen LogP) is 2.54. The first kappa shape index (κ1) is 15.3. The van der Waals surface area contributed by atoms with Crippen LogP contribution in [0.5, 0.6) is 0 Å². The van der Waals surface area contributed by atoms with Gasteiger partial charge < -0.3 is 5.73 Å². The normalized spacial score (nSPS) is 22.6. The standard InChI is InChI=1S/C15H22N4.ClH/c1-15(2)10-19(7-6-13(15)16)9-12-5-3-4-11-8-17-18-14(11)12;/h3-5,8,13H,6-7,9-10,16H2,1-2H3,(H,17,18);1H. The summed E-state index contributed by atoms with van der Waals surface area (Å²) in [7, 11) is 0. The summed E-state index contributed by atoms with van der Waals surface area (Å²) in [5, 5.41) is 8.42. The second-order valence-corrected chi connectivity index (χ2v) is 6.35. The van der Waals surface area contributed by atoms with Crippen LogP contribution >= 0.6 is 12.4 Å². The van der Waals surface area contributed by atoms with Gasteiger partial charge in [-0.2, -0.15) is 5.10 Å². The first-order valence-corrected chi connectivity index (χ1v) is 6.95. The van der Waals surface area contributed by atoms with Crippen molar-refractivity contribution in [2.24, 2.45) is 11.1 Å². The molecule has 2 heterocycles. The maximum absolute atomic E-state index is 6.20. The number of para-hydroxylation sites is 1. The molecule has 0 radical (unpaired) electrons. The van der Waals surface area contributed by atoms with Crippen LogP contribution in [0.3, 0.4) is 0 Å². The van der Waals surface area contributed by atoms with E-state index in [0.29, 0.717) is 6.04 Å². The molecule has 0 aliphatic carbocycles. The van der Waals surface area contributed by atoms with Gasteiger partial charge in [0.05, 0.1) is 11.7 Å². The lowest BCUT2D eigenvalue weighted by Crippen LogP contribution is -2.52. The Hall–Kier alpha value is -1.10. The molecular formula is C15H23ClN4. The number of rotatable bonds is 2. The predicted molar refractivity (Wildman–Crippen MR) is 85.0 cm³/mol. The maximum atomic E-state index is 6.20. The number of hydrogen-bond donors (Lipinski definition) is 2. The molecule has 0 saturated carbocycles. The quantitative estimate of drug-likeness (QED) is 0.895. The van der Waals surface area contributed by atoms with Crippen molar-refractivity contribution >= 4 is 23.3 Å². The van der Waals surface area contributed by atoms with Gasteiger partial charge >= 0.3 is 0 Å². The summed E-state index contributed by atoms with van der Waals surface area (Å²) in [5.74, 6) is 0. The summed E-state index contributed by atoms with van der Waals surface area (Å²) >= 11 is 0. The summed E-state index contributed by atoms with van der Waals surface area (Å²) in [6.07, 6.45) is 2.96. The molecule has 2 aromatic rings. The van der Waals surface area contributed by atoms with Crippen molar-refractivity contribution in [1.29, 1.82) is 0 Å². The fraction of sp³-hybridized carbons (Fsp3) is 0.533. The molecule has 0 amide bonds. The molecule has 3 rings (SSSR count). The van der Waals surface area contributed by atoms with Crippen molar-refractivity contribution in [1.82, 2.24) is 15.1 Å². The molecule has 1 aliphatic rings. The Morgan fingerprint density at radius 3 is 3.00 bits per heavy atom. The summed E-state index contributed by atoms with van der Waals surface area (Å²) in [6.45, 7) is 7.63. The largest absolute Gasteiger partial charge is 0.327 e. The van der Waals surface area contributed by atoms with Crippen molar-refractivity contribution in [2.45, 2.75) is 32.9 Å². The second kappa shape index (κ2) is 5.72. The van der Waals surface area contributed by atoms with Gasteiger partial charge in [-0.25, -0.2) is 0 Å². The molecule has 1 fully saturated rings. The van der Waals surface area contributed by atoms with E-state index in [1.165, 1.54) is 10.9 Å². The van der Waals surface area contributed by atoms with E-state index in [1.54, 1.807) is 0 Å². The number of hydrogen-bond acceptors (Lipinski definition) is 3. The van der Waals surface area contributed by atoms with Crippen LogP contribution in [-0.4, -0.2) is 34.2 Å². The smallest absolute Gasteiger partial charge is 0.0695 e. The SMILES string of the molecule is CC1(C)CN(Cc2cccc3cn[nH]c23)CCC1N.Cl. The molecule has 20 heavy (non-hydrogen) atoms. The molecule has 4 nitrogen and oxygen atoms in total. The number of H-pyrrole nitrogens is 1. The van der Waals surface area contributed by atoms with E-state index >= 15 is 0 Å². The molecular weight excluding hydrogens is 272 g/mol. The Morgan fingerprint density at radius 1 is 1.45 bits per heavy atom. The zero-order valence-corrected chi connectivity index (χ0v) is 12.9. The van der Waals surface area contributed by atoms with E-state index in [1.807, 2.05) is 6.20 Å². The molecule has 110 valence electrons. The van der Waals surface area contributed by atoms with Crippen LogP contribution in [0.1, 0.15) is 25.8 Å².